The first-order valence-electron chi connectivity index (χ1n) is 10.0. The second kappa shape index (κ2) is 9.95. The maximum Gasteiger partial charge on any atom is 0.317 e. The number of benzene rings is 1. The zero-order valence-corrected chi connectivity index (χ0v) is 16.2. The Balaban J connectivity index is 1.58. The van der Waals surface area contributed by atoms with Gasteiger partial charge in [-0.25, -0.2) is 9.78 Å². The molecule has 144 valence electrons. The fraction of sp³-hybridized carbons (Fsp3) is 0.455. The molecule has 0 aliphatic carbocycles. The summed E-state index contributed by atoms with van der Waals surface area (Å²) in [4.78, 5) is 21.4. The van der Waals surface area contributed by atoms with Crippen molar-refractivity contribution in [1.82, 2.24) is 15.2 Å². The molecule has 2 heterocycles. The average molecular weight is 367 g/mol. The van der Waals surface area contributed by atoms with Gasteiger partial charge in [-0.3, -0.25) is 0 Å². The first-order chi connectivity index (χ1) is 13.3. The van der Waals surface area contributed by atoms with Crippen LogP contribution in [-0.4, -0.2) is 35.5 Å². The van der Waals surface area contributed by atoms with E-state index in [9.17, 15) is 4.79 Å². The van der Waals surface area contributed by atoms with E-state index in [1.54, 1.807) is 0 Å². The predicted octanol–water partition coefficient (Wildman–Crippen LogP) is 4.19. The lowest BCUT2D eigenvalue weighted by atomic mass is 10.1. The molecule has 0 saturated carbocycles. The minimum Gasteiger partial charge on any atom is -0.357 e. The molecule has 0 unspecified atom stereocenters. The summed E-state index contributed by atoms with van der Waals surface area (Å²) in [6, 6.07) is 14.2. The second-order valence-electron chi connectivity index (χ2n) is 7.14. The van der Waals surface area contributed by atoms with Gasteiger partial charge in [-0.2, -0.15) is 0 Å². The quantitative estimate of drug-likeness (QED) is 0.799. The molecule has 0 bridgehead atoms. The Labute approximate surface area is 162 Å². The third-order valence-corrected chi connectivity index (χ3v) is 4.93. The van der Waals surface area contributed by atoms with Crippen LogP contribution in [0.4, 0.5) is 10.6 Å². The van der Waals surface area contributed by atoms with Crippen LogP contribution in [0.1, 0.15) is 43.7 Å². The van der Waals surface area contributed by atoms with Crippen molar-refractivity contribution in [3.8, 4) is 0 Å². The van der Waals surface area contributed by atoms with E-state index in [0.717, 1.165) is 43.0 Å². The summed E-state index contributed by atoms with van der Waals surface area (Å²) in [7, 11) is 0. The highest BCUT2D eigenvalue weighted by atomic mass is 16.2. The van der Waals surface area contributed by atoms with Gasteiger partial charge in [-0.15, -0.1) is 0 Å². The summed E-state index contributed by atoms with van der Waals surface area (Å²) in [6.45, 7) is 6.15. The van der Waals surface area contributed by atoms with Gasteiger partial charge in [0.25, 0.3) is 0 Å². The normalized spacial score (nSPS) is 14.0. The van der Waals surface area contributed by atoms with Crippen LogP contribution in [0.3, 0.4) is 0 Å². The molecular formula is C22H30N4O. The number of amides is 2. The van der Waals surface area contributed by atoms with E-state index in [2.05, 4.69) is 40.3 Å². The Hall–Kier alpha value is -2.56. The predicted molar refractivity (Wildman–Crippen MR) is 110 cm³/mol. The van der Waals surface area contributed by atoms with Crippen LogP contribution in [0.25, 0.3) is 0 Å². The third kappa shape index (κ3) is 5.71. The van der Waals surface area contributed by atoms with Crippen molar-refractivity contribution < 1.29 is 4.79 Å². The van der Waals surface area contributed by atoms with Gasteiger partial charge in [0.1, 0.15) is 5.82 Å². The molecule has 1 aliphatic rings. The number of aromatic nitrogens is 1. The SMILES string of the molecule is CCCN(Cc1ccccc1)C(=O)NCc1ccnc(N2CCCCC2)c1. The van der Waals surface area contributed by atoms with Crippen LogP contribution in [-0.2, 0) is 13.1 Å². The molecule has 2 aromatic rings. The van der Waals surface area contributed by atoms with Crippen LogP contribution in [0.15, 0.2) is 48.7 Å². The Morgan fingerprint density at radius 3 is 2.63 bits per heavy atom. The minimum atomic E-state index is -0.0166. The summed E-state index contributed by atoms with van der Waals surface area (Å²) in [5.74, 6) is 1.02. The van der Waals surface area contributed by atoms with Crippen LogP contribution in [0.5, 0.6) is 0 Å². The molecule has 27 heavy (non-hydrogen) atoms. The standard InChI is InChI=1S/C22H30N4O/c1-2-13-26(18-19-9-5-3-6-10-19)22(27)24-17-20-11-12-23-21(16-20)25-14-7-4-8-15-25/h3,5-6,9-12,16H,2,4,7-8,13-15,17-18H2,1H3,(H,24,27). The number of rotatable bonds is 7. The van der Waals surface area contributed by atoms with E-state index in [1.807, 2.05) is 35.4 Å². The smallest absolute Gasteiger partial charge is 0.317 e. The maximum absolute atomic E-state index is 12.7. The average Bonchev–Trinajstić information content (AvgIpc) is 2.73. The molecule has 0 spiro atoms. The van der Waals surface area contributed by atoms with E-state index in [4.69, 9.17) is 0 Å². The number of piperidine rings is 1. The fourth-order valence-electron chi connectivity index (χ4n) is 3.48. The van der Waals surface area contributed by atoms with Crippen molar-refractivity contribution in [2.45, 2.75) is 45.7 Å². The lowest BCUT2D eigenvalue weighted by Crippen LogP contribution is -2.39. The Bertz CT molecular complexity index is 713. The summed E-state index contributed by atoms with van der Waals surface area (Å²) >= 11 is 0. The van der Waals surface area contributed by atoms with Gasteiger partial charge in [0.2, 0.25) is 0 Å². The highest BCUT2D eigenvalue weighted by Crippen LogP contribution is 2.18. The van der Waals surface area contributed by atoms with Crippen molar-refractivity contribution in [1.29, 1.82) is 0 Å². The molecule has 2 amide bonds. The second-order valence-corrected chi connectivity index (χ2v) is 7.14. The van der Waals surface area contributed by atoms with E-state index >= 15 is 0 Å². The topological polar surface area (TPSA) is 48.5 Å². The lowest BCUT2D eigenvalue weighted by Gasteiger charge is -2.28. The molecule has 1 saturated heterocycles. The maximum atomic E-state index is 12.7. The summed E-state index contributed by atoms with van der Waals surface area (Å²) in [5.41, 5.74) is 2.24. The molecule has 1 aromatic carbocycles. The molecule has 1 aliphatic heterocycles. The number of nitrogens with zero attached hydrogens (tertiary/aromatic N) is 3. The largest absolute Gasteiger partial charge is 0.357 e. The number of carbonyl (C=O) groups is 1. The lowest BCUT2D eigenvalue weighted by molar-refractivity contribution is 0.194. The Kier molecular flexibility index (Phi) is 7.08. The fourth-order valence-corrected chi connectivity index (χ4v) is 3.48. The first-order valence-corrected chi connectivity index (χ1v) is 10.0. The third-order valence-electron chi connectivity index (χ3n) is 4.93. The molecule has 1 fully saturated rings. The van der Waals surface area contributed by atoms with Crippen molar-refractivity contribution in [2.75, 3.05) is 24.5 Å². The molecule has 5 heteroatoms. The summed E-state index contributed by atoms with van der Waals surface area (Å²) in [6.07, 6.45) is 6.55. The molecule has 5 nitrogen and oxygen atoms in total. The van der Waals surface area contributed by atoms with E-state index in [1.165, 1.54) is 19.3 Å². The molecule has 0 atom stereocenters. The van der Waals surface area contributed by atoms with Gasteiger partial charge in [-0.1, -0.05) is 37.3 Å². The summed E-state index contributed by atoms with van der Waals surface area (Å²) < 4.78 is 0. The van der Waals surface area contributed by atoms with Crippen LogP contribution in [0.2, 0.25) is 0 Å². The van der Waals surface area contributed by atoms with Crippen molar-refractivity contribution in [3.63, 3.8) is 0 Å². The van der Waals surface area contributed by atoms with E-state index in [0.29, 0.717) is 13.1 Å². The monoisotopic (exact) mass is 366 g/mol. The molecule has 3 rings (SSSR count). The number of carbonyl (C=O) groups excluding carboxylic acids is 1. The molecular weight excluding hydrogens is 336 g/mol. The van der Waals surface area contributed by atoms with Gasteiger partial charge in [-0.05, 0) is 48.9 Å². The van der Waals surface area contributed by atoms with E-state index < -0.39 is 0 Å². The Morgan fingerprint density at radius 1 is 1.11 bits per heavy atom. The van der Waals surface area contributed by atoms with Crippen LogP contribution >= 0.6 is 0 Å². The van der Waals surface area contributed by atoms with Gasteiger partial charge >= 0.3 is 6.03 Å². The number of nitrogens with one attached hydrogen (secondary N) is 1. The number of urea groups is 1. The number of hydrogen-bond acceptors (Lipinski definition) is 3. The van der Waals surface area contributed by atoms with Crippen molar-refractivity contribution >= 4 is 11.8 Å². The number of hydrogen-bond donors (Lipinski definition) is 1. The van der Waals surface area contributed by atoms with Gasteiger partial charge in [0, 0.05) is 38.9 Å². The summed E-state index contributed by atoms with van der Waals surface area (Å²) in [5, 5.41) is 3.07. The van der Waals surface area contributed by atoms with Crippen LogP contribution in [0, 0.1) is 0 Å². The van der Waals surface area contributed by atoms with Gasteiger partial charge < -0.3 is 15.1 Å². The highest BCUT2D eigenvalue weighted by Gasteiger charge is 2.14. The van der Waals surface area contributed by atoms with E-state index in [-0.39, 0.29) is 6.03 Å². The van der Waals surface area contributed by atoms with Crippen molar-refractivity contribution in [3.05, 3.63) is 59.8 Å². The molecule has 1 aromatic heterocycles. The first kappa shape index (κ1) is 19.2. The molecule has 1 N–H and O–H groups in total. The van der Waals surface area contributed by atoms with Crippen LogP contribution < -0.4 is 10.2 Å². The van der Waals surface area contributed by atoms with Gasteiger partial charge in [0.05, 0.1) is 0 Å². The highest BCUT2D eigenvalue weighted by molar-refractivity contribution is 5.74. The van der Waals surface area contributed by atoms with Gasteiger partial charge in [0.15, 0.2) is 0 Å². The zero-order chi connectivity index (χ0) is 18.9. The van der Waals surface area contributed by atoms with Crippen molar-refractivity contribution in [2.24, 2.45) is 0 Å². The Morgan fingerprint density at radius 2 is 1.89 bits per heavy atom. The number of pyridine rings is 1. The number of anilines is 1. The minimum absolute atomic E-state index is 0.0166. The zero-order valence-electron chi connectivity index (χ0n) is 16.2. The molecule has 0 radical (unpaired) electrons.